The summed E-state index contributed by atoms with van der Waals surface area (Å²) in [5.41, 5.74) is 1.51. The molecular formula is C16H28O. The second-order valence-electron chi connectivity index (χ2n) is 4.82. The highest BCUT2D eigenvalue weighted by Gasteiger charge is 2.03. The molecule has 0 aromatic rings. The van der Waals surface area contributed by atoms with Crippen molar-refractivity contribution in [3.8, 4) is 0 Å². The van der Waals surface area contributed by atoms with E-state index in [1.54, 1.807) is 7.11 Å². The smallest absolute Gasteiger partial charge is 0.0646 e. The predicted octanol–water partition coefficient (Wildman–Crippen LogP) is 4.76. The average molecular weight is 236 g/mol. The van der Waals surface area contributed by atoms with Gasteiger partial charge in [0.2, 0.25) is 0 Å². The maximum atomic E-state index is 5.12. The zero-order valence-electron chi connectivity index (χ0n) is 11.7. The largest absolute Gasteiger partial charge is 0.381 e. The Hall–Kier alpha value is -0.820. The Labute approximate surface area is 107 Å². The van der Waals surface area contributed by atoms with Crippen LogP contribution in [-0.4, -0.2) is 13.7 Å². The molecule has 0 saturated carbocycles. The molecule has 0 aromatic heterocycles. The standard InChI is InChI=1S/C16H28O/c1-6-14(3)8-10-16(12-13-17-5)11-9-15(4)7-2/h6-7,12,14-15H,1-2,8-11,13H2,3-5H3. The SMILES string of the molecule is C=CC(C)CCC(=CCOC)CCC(C)C=C. The van der Waals surface area contributed by atoms with Crippen molar-refractivity contribution < 1.29 is 4.74 Å². The number of allylic oxidation sites excluding steroid dienone is 3. The van der Waals surface area contributed by atoms with Crippen LogP contribution in [0.5, 0.6) is 0 Å². The topological polar surface area (TPSA) is 9.23 Å². The van der Waals surface area contributed by atoms with Gasteiger partial charge < -0.3 is 4.74 Å². The zero-order valence-corrected chi connectivity index (χ0v) is 11.7. The summed E-state index contributed by atoms with van der Waals surface area (Å²) in [5, 5.41) is 0. The highest BCUT2D eigenvalue weighted by molar-refractivity contribution is 5.03. The number of methoxy groups -OCH3 is 1. The summed E-state index contributed by atoms with van der Waals surface area (Å²) < 4.78 is 5.12. The molecule has 0 bridgehead atoms. The first-order chi connectivity index (χ1) is 8.13. The quantitative estimate of drug-likeness (QED) is 0.497. The van der Waals surface area contributed by atoms with Gasteiger partial charge in [-0.3, -0.25) is 0 Å². The van der Waals surface area contributed by atoms with Gasteiger partial charge in [0, 0.05) is 7.11 Å². The van der Waals surface area contributed by atoms with Crippen LogP contribution in [0, 0.1) is 11.8 Å². The summed E-state index contributed by atoms with van der Waals surface area (Å²) in [7, 11) is 1.74. The van der Waals surface area contributed by atoms with Crippen molar-refractivity contribution in [2.24, 2.45) is 11.8 Å². The molecule has 0 spiro atoms. The fourth-order valence-electron chi connectivity index (χ4n) is 1.59. The van der Waals surface area contributed by atoms with E-state index in [0.29, 0.717) is 11.8 Å². The van der Waals surface area contributed by atoms with Crippen molar-refractivity contribution in [1.82, 2.24) is 0 Å². The molecule has 0 aliphatic carbocycles. The van der Waals surface area contributed by atoms with Gasteiger partial charge in [-0.25, -0.2) is 0 Å². The Bertz CT molecular complexity index is 220. The molecule has 0 N–H and O–H groups in total. The van der Waals surface area contributed by atoms with Crippen molar-refractivity contribution in [3.05, 3.63) is 37.0 Å². The molecule has 0 aliphatic heterocycles. The molecular weight excluding hydrogens is 208 g/mol. The van der Waals surface area contributed by atoms with Crippen LogP contribution >= 0.6 is 0 Å². The Morgan fingerprint density at radius 3 is 1.88 bits per heavy atom. The van der Waals surface area contributed by atoms with Crippen LogP contribution in [0.2, 0.25) is 0 Å². The lowest BCUT2D eigenvalue weighted by Crippen LogP contribution is -1.97. The highest BCUT2D eigenvalue weighted by Crippen LogP contribution is 2.20. The van der Waals surface area contributed by atoms with Gasteiger partial charge in [0.15, 0.2) is 0 Å². The Morgan fingerprint density at radius 1 is 1.06 bits per heavy atom. The molecule has 0 fully saturated rings. The number of rotatable bonds is 10. The first-order valence-electron chi connectivity index (χ1n) is 6.56. The Morgan fingerprint density at radius 2 is 1.53 bits per heavy atom. The van der Waals surface area contributed by atoms with E-state index in [1.807, 2.05) is 12.2 Å². The summed E-state index contributed by atoms with van der Waals surface area (Å²) in [5.74, 6) is 1.19. The predicted molar refractivity (Wildman–Crippen MR) is 77.1 cm³/mol. The van der Waals surface area contributed by atoms with Gasteiger partial charge in [0.1, 0.15) is 0 Å². The van der Waals surface area contributed by atoms with E-state index in [-0.39, 0.29) is 0 Å². The van der Waals surface area contributed by atoms with E-state index < -0.39 is 0 Å². The lowest BCUT2D eigenvalue weighted by molar-refractivity contribution is 0.232. The van der Waals surface area contributed by atoms with Crippen molar-refractivity contribution in [1.29, 1.82) is 0 Å². The molecule has 98 valence electrons. The molecule has 2 atom stereocenters. The van der Waals surface area contributed by atoms with Gasteiger partial charge in [-0.1, -0.05) is 37.6 Å². The van der Waals surface area contributed by atoms with Gasteiger partial charge >= 0.3 is 0 Å². The van der Waals surface area contributed by atoms with Crippen LogP contribution in [0.25, 0.3) is 0 Å². The van der Waals surface area contributed by atoms with Crippen molar-refractivity contribution >= 4 is 0 Å². The molecule has 0 rings (SSSR count). The van der Waals surface area contributed by atoms with E-state index in [2.05, 4.69) is 33.1 Å². The minimum Gasteiger partial charge on any atom is -0.381 e. The van der Waals surface area contributed by atoms with Gasteiger partial charge in [0.05, 0.1) is 6.61 Å². The van der Waals surface area contributed by atoms with Crippen molar-refractivity contribution in [2.45, 2.75) is 39.5 Å². The van der Waals surface area contributed by atoms with E-state index >= 15 is 0 Å². The van der Waals surface area contributed by atoms with Crippen LogP contribution in [0.15, 0.2) is 37.0 Å². The third-order valence-corrected chi connectivity index (χ3v) is 3.19. The van der Waals surface area contributed by atoms with Gasteiger partial charge in [-0.05, 0) is 37.5 Å². The summed E-state index contributed by atoms with van der Waals surface area (Å²) in [4.78, 5) is 0. The summed E-state index contributed by atoms with van der Waals surface area (Å²) in [6.07, 6.45) is 11.0. The van der Waals surface area contributed by atoms with Gasteiger partial charge in [0.25, 0.3) is 0 Å². The third kappa shape index (κ3) is 8.93. The van der Waals surface area contributed by atoms with Crippen LogP contribution in [0.1, 0.15) is 39.5 Å². The van der Waals surface area contributed by atoms with E-state index in [9.17, 15) is 0 Å². The molecule has 0 aromatic carbocycles. The highest BCUT2D eigenvalue weighted by atomic mass is 16.5. The fourth-order valence-corrected chi connectivity index (χ4v) is 1.59. The minimum absolute atomic E-state index is 0.595. The van der Waals surface area contributed by atoms with Crippen LogP contribution in [0.3, 0.4) is 0 Å². The zero-order chi connectivity index (χ0) is 13.1. The first kappa shape index (κ1) is 16.2. The number of ether oxygens (including phenoxy) is 1. The minimum atomic E-state index is 0.595. The monoisotopic (exact) mass is 236 g/mol. The third-order valence-electron chi connectivity index (χ3n) is 3.19. The van der Waals surface area contributed by atoms with E-state index in [0.717, 1.165) is 19.4 Å². The molecule has 0 amide bonds. The maximum Gasteiger partial charge on any atom is 0.0646 e. The lowest BCUT2D eigenvalue weighted by Gasteiger charge is -2.12. The molecule has 0 saturated heterocycles. The van der Waals surface area contributed by atoms with Crippen LogP contribution in [-0.2, 0) is 4.74 Å². The number of hydrogen-bond donors (Lipinski definition) is 0. The fraction of sp³-hybridized carbons (Fsp3) is 0.625. The van der Waals surface area contributed by atoms with Gasteiger partial charge in [-0.15, -0.1) is 13.2 Å². The molecule has 2 unspecified atom stereocenters. The molecule has 0 aliphatic rings. The van der Waals surface area contributed by atoms with Gasteiger partial charge in [-0.2, -0.15) is 0 Å². The normalized spacial score (nSPS) is 13.8. The second kappa shape index (κ2) is 10.3. The molecule has 0 radical (unpaired) electrons. The number of hydrogen-bond acceptors (Lipinski definition) is 1. The Kier molecular flexibility index (Phi) is 9.84. The van der Waals surface area contributed by atoms with E-state index in [4.69, 9.17) is 4.74 Å². The first-order valence-corrected chi connectivity index (χ1v) is 6.56. The molecule has 1 heteroatoms. The average Bonchev–Trinajstić information content (AvgIpc) is 2.36. The summed E-state index contributed by atoms with van der Waals surface area (Å²) >= 11 is 0. The second-order valence-corrected chi connectivity index (χ2v) is 4.82. The van der Waals surface area contributed by atoms with E-state index in [1.165, 1.54) is 18.4 Å². The molecule has 1 nitrogen and oxygen atoms in total. The molecule has 17 heavy (non-hydrogen) atoms. The molecule has 0 heterocycles. The maximum absolute atomic E-state index is 5.12. The Balaban J connectivity index is 4.13. The lowest BCUT2D eigenvalue weighted by atomic mass is 9.95. The summed E-state index contributed by atoms with van der Waals surface area (Å²) in [6, 6.07) is 0. The van der Waals surface area contributed by atoms with Crippen molar-refractivity contribution in [2.75, 3.05) is 13.7 Å². The van der Waals surface area contributed by atoms with Crippen LogP contribution in [0.4, 0.5) is 0 Å². The van der Waals surface area contributed by atoms with Crippen LogP contribution < -0.4 is 0 Å². The van der Waals surface area contributed by atoms with Crippen molar-refractivity contribution in [3.63, 3.8) is 0 Å². The summed E-state index contributed by atoms with van der Waals surface area (Å²) in [6.45, 7) is 12.8.